The van der Waals surface area contributed by atoms with Gasteiger partial charge in [-0.1, -0.05) is 26.0 Å². The van der Waals surface area contributed by atoms with Crippen molar-refractivity contribution in [2.24, 2.45) is 5.92 Å². The predicted molar refractivity (Wildman–Crippen MR) is 95.6 cm³/mol. The molecule has 1 N–H and O–H groups in total. The topological polar surface area (TPSA) is 41.6 Å². The lowest BCUT2D eigenvalue weighted by Gasteiger charge is -2.39. The summed E-state index contributed by atoms with van der Waals surface area (Å²) in [5, 5.41) is 3.00. The average Bonchev–Trinajstić information content (AvgIpc) is 2.94. The first-order valence-electron chi connectivity index (χ1n) is 9.38. The zero-order valence-corrected chi connectivity index (χ0v) is 15.3. The molecule has 138 valence electrons. The summed E-state index contributed by atoms with van der Waals surface area (Å²) in [4.78, 5) is 14.1. The molecule has 3 rings (SSSR count). The van der Waals surface area contributed by atoms with E-state index >= 15 is 0 Å². The van der Waals surface area contributed by atoms with Crippen molar-refractivity contribution < 1.29 is 13.9 Å². The highest BCUT2D eigenvalue weighted by Crippen LogP contribution is 2.37. The van der Waals surface area contributed by atoms with Crippen molar-refractivity contribution in [3.05, 3.63) is 35.6 Å². The molecular weight excluding hydrogens is 319 g/mol. The van der Waals surface area contributed by atoms with E-state index in [2.05, 4.69) is 10.2 Å². The number of ether oxygens (including phenoxy) is 1. The van der Waals surface area contributed by atoms with Crippen LogP contribution in [0.1, 0.15) is 45.1 Å². The van der Waals surface area contributed by atoms with E-state index < -0.39 is 0 Å². The van der Waals surface area contributed by atoms with Gasteiger partial charge in [0.25, 0.3) is 0 Å². The molecule has 1 amide bonds. The maximum Gasteiger partial charge on any atom is 0.222 e. The molecule has 2 aliphatic heterocycles. The number of amides is 1. The average molecular weight is 348 g/mol. The Balaban J connectivity index is 1.53. The molecule has 5 heteroatoms. The molecule has 0 aliphatic carbocycles. The minimum Gasteiger partial charge on any atom is -0.369 e. The van der Waals surface area contributed by atoms with Gasteiger partial charge < -0.3 is 10.1 Å². The van der Waals surface area contributed by atoms with E-state index in [0.29, 0.717) is 6.54 Å². The molecule has 2 aliphatic rings. The summed E-state index contributed by atoms with van der Waals surface area (Å²) >= 11 is 0. The number of hydrogen-bond acceptors (Lipinski definition) is 3. The van der Waals surface area contributed by atoms with Crippen molar-refractivity contribution in [1.82, 2.24) is 10.2 Å². The van der Waals surface area contributed by atoms with Crippen LogP contribution < -0.4 is 5.32 Å². The molecule has 0 bridgehead atoms. The minimum absolute atomic E-state index is 0.00536. The summed E-state index contributed by atoms with van der Waals surface area (Å²) in [7, 11) is 0. The van der Waals surface area contributed by atoms with Crippen molar-refractivity contribution in [3.8, 4) is 0 Å². The highest BCUT2D eigenvalue weighted by molar-refractivity contribution is 5.77. The maximum absolute atomic E-state index is 13.4. The van der Waals surface area contributed by atoms with Crippen LogP contribution in [0.25, 0.3) is 0 Å². The van der Waals surface area contributed by atoms with E-state index in [4.69, 9.17) is 4.74 Å². The van der Waals surface area contributed by atoms with Crippen molar-refractivity contribution in [2.75, 3.05) is 19.6 Å². The normalized spacial score (nSPS) is 27.1. The van der Waals surface area contributed by atoms with Gasteiger partial charge in [-0.3, -0.25) is 9.69 Å². The van der Waals surface area contributed by atoms with Gasteiger partial charge in [0.2, 0.25) is 5.91 Å². The smallest absolute Gasteiger partial charge is 0.222 e. The Morgan fingerprint density at radius 2 is 2.28 bits per heavy atom. The number of hydrogen-bond donors (Lipinski definition) is 1. The minimum atomic E-state index is -0.179. The molecule has 2 fully saturated rings. The predicted octanol–water partition coefficient (Wildman–Crippen LogP) is 3.11. The highest BCUT2D eigenvalue weighted by atomic mass is 19.1. The molecule has 1 aromatic carbocycles. The first-order chi connectivity index (χ1) is 12.0. The van der Waals surface area contributed by atoms with Gasteiger partial charge in [0.15, 0.2) is 0 Å². The zero-order chi connectivity index (χ0) is 17.9. The third kappa shape index (κ3) is 4.79. The van der Waals surface area contributed by atoms with E-state index in [1.807, 2.05) is 19.9 Å². The fourth-order valence-corrected chi connectivity index (χ4v) is 3.94. The molecule has 25 heavy (non-hydrogen) atoms. The quantitative estimate of drug-likeness (QED) is 0.889. The molecule has 2 heterocycles. The second-order valence-electron chi connectivity index (χ2n) is 7.81. The number of nitrogens with one attached hydrogen (secondary N) is 1. The largest absolute Gasteiger partial charge is 0.369 e. The van der Waals surface area contributed by atoms with Crippen LogP contribution >= 0.6 is 0 Å². The van der Waals surface area contributed by atoms with Crippen LogP contribution in [-0.4, -0.2) is 42.1 Å². The van der Waals surface area contributed by atoms with Gasteiger partial charge in [-0.05, 0) is 43.4 Å². The lowest BCUT2D eigenvalue weighted by molar-refractivity contribution is -0.132. The highest BCUT2D eigenvalue weighted by Gasteiger charge is 2.42. The van der Waals surface area contributed by atoms with Crippen molar-refractivity contribution in [2.45, 2.75) is 57.8 Å². The van der Waals surface area contributed by atoms with Gasteiger partial charge >= 0.3 is 0 Å². The van der Waals surface area contributed by atoms with Gasteiger partial charge in [-0.25, -0.2) is 4.39 Å². The fraction of sp³-hybridized carbons (Fsp3) is 0.650. The molecular formula is C20H29FN2O2. The lowest BCUT2D eigenvalue weighted by atomic mass is 9.90. The zero-order valence-electron chi connectivity index (χ0n) is 15.3. The summed E-state index contributed by atoms with van der Waals surface area (Å²) in [6.45, 7) is 7.03. The van der Waals surface area contributed by atoms with Gasteiger partial charge in [-0.2, -0.15) is 0 Å². The number of halogens is 1. The van der Waals surface area contributed by atoms with E-state index in [1.54, 1.807) is 12.1 Å². The van der Waals surface area contributed by atoms with Crippen LogP contribution in [0.5, 0.6) is 0 Å². The number of likely N-dealkylation sites (tertiary alicyclic amines) is 1. The van der Waals surface area contributed by atoms with E-state index in [0.717, 1.165) is 50.9 Å². The molecule has 0 saturated carbocycles. The SMILES string of the molecule is CC(C)C(=O)NC[C@H]1CCC[C@]2(CCN(Cc3cccc(F)c3)C2)O1. The van der Waals surface area contributed by atoms with E-state index in [1.165, 1.54) is 6.07 Å². The molecule has 2 saturated heterocycles. The Morgan fingerprint density at radius 1 is 1.44 bits per heavy atom. The monoisotopic (exact) mass is 348 g/mol. The Hall–Kier alpha value is -1.46. The Morgan fingerprint density at radius 3 is 3.04 bits per heavy atom. The summed E-state index contributed by atoms with van der Waals surface area (Å²) in [5.41, 5.74) is 0.910. The molecule has 4 nitrogen and oxygen atoms in total. The standard InChI is InChI=1S/C20H29FN2O2/c1-15(2)19(24)22-12-18-7-4-8-20(25-18)9-10-23(14-20)13-16-5-3-6-17(21)11-16/h3,5-6,11,15,18H,4,7-10,12-14H2,1-2H3,(H,22,24)/t18-,20-/m1/s1. The van der Waals surface area contributed by atoms with Crippen molar-refractivity contribution in [3.63, 3.8) is 0 Å². The van der Waals surface area contributed by atoms with Crippen molar-refractivity contribution in [1.29, 1.82) is 0 Å². The van der Waals surface area contributed by atoms with E-state index in [9.17, 15) is 9.18 Å². The first kappa shape index (κ1) is 18.3. The van der Waals surface area contributed by atoms with Crippen LogP contribution in [0.2, 0.25) is 0 Å². The number of carbonyl (C=O) groups excluding carboxylic acids is 1. The fourth-order valence-electron chi connectivity index (χ4n) is 3.94. The van der Waals surface area contributed by atoms with Crippen LogP contribution in [0.15, 0.2) is 24.3 Å². The maximum atomic E-state index is 13.4. The summed E-state index contributed by atoms with van der Waals surface area (Å²) in [5.74, 6) is -0.0885. The van der Waals surface area contributed by atoms with Crippen LogP contribution in [0.4, 0.5) is 4.39 Å². The van der Waals surface area contributed by atoms with Crippen LogP contribution in [0, 0.1) is 11.7 Å². The molecule has 1 aromatic rings. The van der Waals surface area contributed by atoms with Crippen molar-refractivity contribution >= 4 is 5.91 Å². The third-order valence-corrected chi connectivity index (χ3v) is 5.29. The third-order valence-electron chi connectivity index (χ3n) is 5.29. The summed E-state index contributed by atoms with van der Waals surface area (Å²) < 4.78 is 19.8. The number of benzene rings is 1. The van der Waals surface area contributed by atoms with Gasteiger partial charge in [0, 0.05) is 32.1 Å². The van der Waals surface area contributed by atoms with Gasteiger partial charge in [0.05, 0.1) is 11.7 Å². The Bertz CT molecular complexity index is 607. The molecule has 0 unspecified atom stereocenters. The van der Waals surface area contributed by atoms with Crippen LogP contribution in [-0.2, 0) is 16.1 Å². The van der Waals surface area contributed by atoms with Gasteiger partial charge in [-0.15, -0.1) is 0 Å². The Labute approximate surface area is 149 Å². The lowest BCUT2D eigenvalue weighted by Crippen LogP contribution is -2.47. The molecule has 2 atom stereocenters. The number of nitrogens with zero attached hydrogens (tertiary/aromatic N) is 1. The molecule has 0 aromatic heterocycles. The number of carbonyl (C=O) groups is 1. The second-order valence-corrected chi connectivity index (χ2v) is 7.81. The number of rotatable bonds is 5. The van der Waals surface area contributed by atoms with Crippen LogP contribution in [0.3, 0.4) is 0 Å². The second kappa shape index (κ2) is 7.83. The summed E-state index contributed by atoms with van der Waals surface area (Å²) in [6, 6.07) is 6.83. The molecule has 1 spiro atoms. The first-order valence-corrected chi connectivity index (χ1v) is 9.38. The summed E-state index contributed by atoms with van der Waals surface area (Å²) in [6.07, 6.45) is 4.32. The van der Waals surface area contributed by atoms with E-state index in [-0.39, 0.29) is 29.3 Å². The Kier molecular flexibility index (Phi) is 5.74. The van der Waals surface area contributed by atoms with Gasteiger partial charge in [0.1, 0.15) is 5.82 Å². The molecule has 0 radical (unpaired) electrons.